The van der Waals surface area contributed by atoms with Crippen molar-refractivity contribution in [2.75, 3.05) is 18.9 Å². The van der Waals surface area contributed by atoms with Crippen molar-refractivity contribution in [3.63, 3.8) is 0 Å². The second-order valence-electron chi connectivity index (χ2n) is 4.49. The minimum absolute atomic E-state index is 0.0145. The van der Waals surface area contributed by atoms with E-state index in [9.17, 15) is 8.42 Å². The molecular weight excluding hydrogens is 252 g/mol. The SMILES string of the molecule is Nc1cccc(CS(=O)(=O)NCC2CCCO2)c1. The zero-order valence-electron chi connectivity index (χ0n) is 10.1. The van der Waals surface area contributed by atoms with Crippen LogP contribution < -0.4 is 10.5 Å². The normalized spacial score (nSPS) is 20.1. The Kier molecular flexibility index (Phi) is 4.21. The molecule has 1 atom stereocenters. The lowest BCUT2D eigenvalue weighted by atomic mass is 10.2. The lowest BCUT2D eigenvalue weighted by Gasteiger charge is -2.11. The Labute approximate surface area is 107 Å². The summed E-state index contributed by atoms with van der Waals surface area (Å²) in [5.41, 5.74) is 6.88. The van der Waals surface area contributed by atoms with Crippen molar-refractivity contribution in [2.45, 2.75) is 24.7 Å². The van der Waals surface area contributed by atoms with Crippen molar-refractivity contribution in [3.05, 3.63) is 29.8 Å². The van der Waals surface area contributed by atoms with Gasteiger partial charge in [0.2, 0.25) is 10.0 Å². The molecule has 2 rings (SSSR count). The highest BCUT2D eigenvalue weighted by molar-refractivity contribution is 7.88. The van der Waals surface area contributed by atoms with Crippen LogP contribution in [0.15, 0.2) is 24.3 Å². The molecule has 0 saturated carbocycles. The fraction of sp³-hybridized carbons (Fsp3) is 0.500. The van der Waals surface area contributed by atoms with Crippen LogP contribution in [0.3, 0.4) is 0 Å². The summed E-state index contributed by atoms with van der Waals surface area (Å²) in [4.78, 5) is 0. The van der Waals surface area contributed by atoms with Crippen molar-refractivity contribution < 1.29 is 13.2 Å². The van der Waals surface area contributed by atoms with E-state index in [4.69, 9.17) is 10.5 Å². The Bertz CT molecular complexity index is 496. The lowest BCUT2D eigenvalue weighted by Crippen LogP contribution is -2.32. The molecule has 100 valence electrons. The van der Waals surface area contributed by atoms with E-state index in [1.165, 1.54) is 0 Å². The quantitative estimate of drug-likeness (QED) is 0.778. The number of benzene rings is 1. The second kappa shape index (κ2) is 5.69. The minimum Gasteiger partial charge on any atom is -0.399 e. The van der Waals surface area contributed by atoms with E-state index >= 15 is 0 Å². The van der Waals surface area contributed by atoms with Crippen molar-refractivity contribution >= 4 is 15.7 Å². The van der Waals surface area contributed by atoms with Crippen LogP contribution in [0.2, 0.25) is 0 Å². The Balaban J connectivity index is 1.90. The van der Waals surface area contributed by atoms with Gasteiger partial charge in [-0.25, -0.2) is 13.1 Å². The van der Waals surface area contributed by atoms with E-state index in [-0.39, 0.29) is 11.9 Å². The predicted octanol–water partition coefficient (Wildman–Crippen LogP) is 0.867. The standard InChI is InChI=1S/C12H18N2O3S/c13-11-4-1-3-10(7-11)9-18(15,16)14-8-12-5-2-6-17-12/h1,3-4,7,12,14H,2,5-6,8-9,13H2. The maximum atomic E-state index is 11.9. The van der Waals surface area contributed by atoms with E-state index in [1.54, 1.807) is 24.3 Å². The molecule has 0 aromatic heterocycles. The molecule has 1 saturated heterocycles. The largest absolute Gasteiger partial charge is 0.399 e. The molecule has 1 fully saturated rings. The summed E-state index contributed by atoms with van der Waals surface area (Å²) in [6.45, 7) is 1.08. The van der Waals surface area contributed by atoms with E-state index in [0.717, 1.165) is 19.4 Å². The number of ether oxygens (including phenoxy) is 1. The van der Waals surface area contributed by atoms with Crippen LogP contribution in [0.1, 0.15) is 18.4 Å². The molecule has 18 heavy (non-hydrogen) atoms. The number of anilines is 1. The van der Waals surface area contributed by atoms with Crippen LogP contribution in [-0.2, 0) is 20.5 Å². The van der Waals surface area contributed by atoms with Crippen LogP contribution in [-0.4, -0.2) is 27.7 Å². The summed E-state index contributed by atoms with van der Waals surface area (Å²) < 4.78 is 31.7. The number of hydrogen-bond acceptors (Lipinski definition) is 4. The molecule has 0 aliphatic carbocycles. The molecule has 5 nitrogen and oxygen atoms in total. The topological polar surface area (TPSA) is 81.4 Å². The molecule has 3 N–H and O–H groups in total. The molecule has 1 aliphatic rings. The van der Waals surface area contributed by atoms with Gasteiger partial charge in [-0.2, -0.15) is 0 Å². The summed E-state index contributed by atoms with van der Waals surface area (Å²) in [5.74, 6) is -0.0508. The van der Waals surface area contributed by atoms with Gasteiger partial charge in [0.15, 0.2) is 0 Å². The first-order valence-corrected chi connectivity index (χ1v) is 7.64. The number of nitrogens with one attached hydrogen (secondary N) is 1. The van der Waals surface area contributed by atoms with Crippen molar-refractivity contribution in [1.82, 2.24) is 4.72 Å². The molecule has 1 aliphatic heterocycles. The number of hydrogen-bond donors (Lipinski definition) is 2. The number of sulfonamides is 1. The summed E-state index contributed by atoms with van der Waals surface area (Å²) in [5, 5.41) is 0. The Morgan fingerprint density at radius 3 is 2.94 bits per heavy atom. The van der Waals surface area contributed by atoms with E-state index < -0.39 is 10.0 Å². The fourth-order valence-corrected chi connectivity index (χ4v) is 3.14. The maximum Gasteiger partial charge on any atom is 0.215 e. The number of nitrogen functional groups attached to an aromatic ring is 1. The lowest BCUT2D eigenvalue weighted by molar-refractivity contribution is 0.114. The zero-order chi connectivity index (χ0) is 13.0. The molecule has 0 bridgehead atoms. The maximum absolute atomic E-state index is 11.9. The van der Waals surface area contributed by atoms with Gasteiger partial charge in [0.1, 0.15) is 0 Å². The average Bonchev–Trinajstić information content (AvgIpc) is 2.78. The van der Waals surface area contributed by atoms with Crippen LogP contribution in [0.4, 0.5) is 5.69 Å². The van der Waals surface area contributed by atoms with Gasteiger partial charge in [-0.1, -0.05) is 12.1 Å². The van der Waals surface area contributed by atoms with Gasteiger partial charge in [0.25, 0.3) is 0 Å². The van der Waals surface area contributed by atoms with Crippen molar-refractivity contribution in [3.8, 4) is 0 Å². The van der Waals surface area contributed by atoms with Gasteiger partial charge in [-0.05, 0) is 30.5 Å². The Morgan fingerprint density at radius 1 is 1.44 bits per heavy atom. The zero-order valence-corrected chi connectivity index (χ0v) is 10.9. The summed E-state index contributed by atoms with van der Waals surface area (Å²) in [6, 6.07) is 6.91. The van der Waals surface area contributed by atoms with E-state index in [0.29, 0.717) is 17.8 Å². The first kappa shape index (κ1) is 13.3. The molecule has 1 unspecified atom stereocenters. The third-order valence-electron chi connectivity index (χ3n) is 2.86. The molecule has 1 heterocycles. The average molecular weight is 270 g/mol. The first-order valence-electron chi connectivity index (χ1n) is 5.98. The van der Waals surface area contributed by atoms with Crippen LogP contribution in [0.25, 0.3) is 0 Å². The third-order valence-corrected chi connectivity index (χ3v) is 4.18. The molecular formula is C12H18N2O3S. The highest BCUT2D eigenvalue weighted by atomic mass is 32.2. The smallest absolute Gasteiger partial charge is 0.215 e. The highest BCUT2D eigenvalue weighted by Crippen LogP contribution is 2.12. The summed E-state index contributed by atoms with van der Waals surface area (Å²) in [6.07, 6.45) is 1.93. The summed E-state index contributed by atoms with van der Waals surface area (Å²) in [7, 11) is -3.32. The van der Waals surface area contributed by atoms with Gasteiger partial charge >= 0.3 is 0 Å². The van der Waals surface area contributed by atoms with Gasteiger partial charge in [0, 0.05) is 18.8 Å². The second-order valence-corrected chi connectivity index (χ2v) is 6.29. The Hall–Kier alpha value is -1.11. The third kappa shape index (κ3) is 3.97. The fourth-order valence-electron chi connectivity index (χ4n) is 1.98. The van der Waals surface area contributed by atoms with Crippen LogP contribution in [0, 0.1) is 0 Å². The number of nitrogens with two attached hydrogens (primary N) is 1. The van der Waals surface area contributed by atoms with Crippen molar-refractivity contribution in [1.29, 1.82) is 0 Å². The Morgan fingerprint density at radius 2 is 2.28 bits per heavy atom. The first-order chi connectivity index (χ1) is 8.55. The van der Waals surface area contributed by atoms with Gasteiger partial charge in [-0.15, -0.1) is 0 Å². The molecule has 0 spiro atoms. The highest BCUT2D eigenvalue weighted by Gasteiger charge is 2.19. The van der Waals surface area contributed by atoms with E-state index in [2.05, 4.69) is 4.72 Å². The van der Waals surface area contributed by atoms with Crippen LogP contribution >= 0.6 is 0 Å². The molecule has 6 heteroatoms. The monoisotopic (exact) mass is 270 g/mol. The van der Waals surface area contributed by atoms with Gasteiger partial charge in [-0.3, -0.25) is 0 Å². The van der Waals surface area contributed by atoms with E-state index in [1.807, 2.05) is 0 Å². The molecule has 0 radical (unpaired) electrons. The van der Waals surface area contributed by atoms with Crippen molar-refractivity contribution in [2.24, 2.45) is 0 Å². The summed E-state index contributed by atoms with van der Waals surface area (Å²) >= 11 is 0. The van der Waals surface area contributed by atoms with Gasteiger partial charge in [0.05, 0.1) is 11.9 Å². The molecule has 1 aromatic carbocycles. The molecule has 1 aromatic rings. The van der Waals surface area contributed by atoms with Crippen LogP contribution in [0.5, 0.6) is 0 Å². The number of rotatable bonds is 5. The predicted molar refractivity (Wildman–Crippen MR) is 70.5 cm³/mol. The minimum atomic E-state index is -3.32. The molecule has 0 amide bonds. The van der Waals surface area contributed by atoms with Gasteiger partial charge < -0.3 is 10.5 Å².